The summed E-state index contributed by atoms with van der Waals surface area (Å²) in [7, 11) is 1.92. The quantitative estimate of drug-likeness (QED) is 0.614. The molecular weight excluding hydrogens is 284 g/mol. The van der Waals surface area contributed by atoms with Crippen molar-refractivity contribution in [3.8, 4) is 22.3 Å². The second kappa shape index (κ2) is 5.25. The summed E-state index contributed by atoms with van der Waals surface area (Å²) in [6, 6.07) is 17.3. The van der Waals surface area contributed by atoms with E-state index >= 15 is 0 Å². The number of fused-ring (bicyclic) bond motifs is 1. The lowest BCUT2D eigenvalue weighted by Gasteiger charge is -2.08. The highest BCUT2D eigenvalue weighted by Crippen LogP contribution is 2.31. The number of anilines is 1. The molecule has 0 aliphatic carbocycles. The lowest BCUT2D eigenvalue weighted by molar-refractivity contribution is 0.768. The minimum atomic E-state index is 0.546. The van der Waals surface area contributed by atoms with Crippen LogP contribution in [0, 0.1) is 6.07 Å². The molecule has 2 aromatic carbocycles. The van der Waals surface area contributed by atoms with Gasteiger partial charge in [0.25, 0.3) is 0 Å². The zero-order chi connectivity index (χ0) is 15.8. The van der Waals surface area contributed by atoms with Gasteiger partial charge in [0.2, 0.25) is 0 Å². The van der Waals surface area contributed by atoms with E-state index in [0.717, 1.165) is 33.0 Å². The molecule has 4 aromatic rings. The molecule has 111 valence electrons. The predicted octanol–water partition coefficient (Wildman–Crippen LogP) is 3.68. The second-order valence-corrected chi connectivity index (χ2v) is 5.51. The van der Waals surface area contributed by atoms with Gasteiger partial charge < -0.3 is 5.73 Å². The Balaban J connectivity index is 1.81. The number of nitrogen functional groups attached to an aromatic ring is 1. The van der Waals surface area contributed by atoms with E-state index in [-0.39, 0.29) is 0 Å². The molecule has 1 radical (unpaired) electrons. The Kier molecular flexibility index (Phi) is 3.08. The first-order valence-corrected chi connectivity index (χ1v) is 7.36. The van der Waals surface area contributed by atoms with E-state index in [9.17, 15) is 0 Å². The van der Waals surface area contributed by atoms with Crippen molar-refractivity contribution in [2.24, 2.45) is 7.05 Å². The third kappa shape index (κ3) is 2.34. The van der Waals surface area contributed by atoms with Crippen molar-refractivity contribution in [3.05, 3.63) is 67.1 Å². The van der Waals surface area contributed by atoms with Gasteiger partial charge >= 0.3 is 0 Å². The smallest absolute Gasteiger partial charge is 0.131 e. The number of nitrogens with two attached hydrogens (primary N) is 1. The molecular formula is C19H15N4. The van der Waals surface area contributed by atoms with Crippen LogP contribution in [0.25, 0.3) is 33.0 Å². The molecule has 0 fully saturated rings. The number of rotatable bonds is 2. The van der Waals surface area contributed by atoms with Crippen molar-refractivity contribution in [2.45, 2.75) is 0 Å². The van der Waals surface area contributed by atoms with Crippen molar-refractivity contribution in [1.29, 1.82) is 0 Å². The van der Waals surface area contributed by atoms with E-state index in [1.807, 2.05) is 43.8 Å². The van der Waals surface area contributed by atoms with Gasteiger partial charge in [-0.15, -0.1) is 0 Å². The minimum absolute atomic E-state index is 0.546. The molecule has 0 unspecified atom stereocenters. The third-order valence-corrected chi connectivity index (χ3v) is 4.00. The summed E-state index contributed by atoms with van der Waals surface area (Å²) in [5.41, 5.74) is 10.4. The van der Waals surface area contributed by atoms with E-state index < -0.39 is 0 Å². The number of benzene rings is 2. The number of aryl methyl sites for hydroxylation is 1. The third-order valence-electron chi connectivity index (χ3n) is 4.00. The van der Waals surface area contributed by atoms with Gasteiger partial charge in [0, 0.05) is 36.0 Å². The van der Waals surface area contributed by atoms with Crippen molar-refractivity contribution < 1.29 is 0 Å². The lowest BCUT2D eigenvalue weighted by Crippen LogP contribution is -1.93. The van der Waals surface area contributed by atoms with E-state index in [1.54, 1.807) is 4.68 Å². The highest BCUT2D eigenvalue weighted by atomic mass is 15.2. The Morgan fingerprint density at radius 2 is 1.74 bits per heavy atom. The topological polar surface area (TPSA) is 56.7 Å². The van der Waals surface area contributed by atoms with Crippen LogP contribution in [0.3, 0.4) is 0 Å². The van der Waals surface area contributed by atoms with Crippen LogP contribution in [0.5, 0.6) is 0 Å². The molecule has 2 heterocycles. The van der Waals surface area contributed by atoms with E-state index in [0.29, 0.717) is 5.82 Å². The summed E-state index contributed by atoms with van der Waals surface area (Å²) in [6.45, 7) is 0. The lowest BCUT2D eigenvalue weighted by atomic mass is 9.98. The van der Waals surface area contributed by atoms with Crippen LogP contribution in [0.2, 0.25) is 0 Å². The van der Waals surface area contributed by atoms with Crippen molar-refractivity contribution >= 4 is 16.6 Å². The highest BCUT2D eigenvalue weighted by molar-refractivity contribution is 6.01. The molecule has 23 heavy (non-hydrogen) atoms. The SMILES string of the molecule is Cn1cc(-c2ccc(-c3cnc(N)c4cc[c]cc34)cc2)cn1. The molecule has 4 heteroatoms. The Morgan fingerprint density at radius 3 is 2.48 bits per heavy atom. The molecule has 4 rings (SSSR count). The van der Waals surface area contributed by atoms with E-state index in [1.165, 1.54) is 0 Å². The first kappa shape index (κ1) is 13.5. The molecule has 0 bridgehead atoms. The Morgan fingerprint density at radius 1 is 0.957 bits per heavy atom. The number of pyridine rings is 1. The number of hydrogen-bond acceptors (Lipinski definition) is 3. The molecule has 2 N–H and O–H groups in total. The fourth-order valence-corrected chi connectivity index (χ4v) is 2.79. The van der Waals surface area contributed by atoms with E-state index in [2.05, 4.69) is 40.4 Å². The molecule has 0 aliphatic rings. The van der Waals surface area contributed by atoms with Gasteiger partial charge in [-0.2, -0.15) is 5.10 Å². The summed E-state index contributed by atoms with van der Waals surface area (Å²) in [5, 5.41) is 6.23. The van der Waals surface area contributed by atoms with Gasteiger partial charge in [-0.1, -0.05) is 36.4 Å². The van der Waals surface area contributed by atoms with Gasteiger partial charge in [0.05, 0.1) is 6.20 Å². The van der Waals surface area contributed by atoms with Crippen molar-refractivity contribution in [3.63, 3.8) is 0 Å². The molecule has 2 aromatic heterocycles. The van der Waals surface area contributed by atoms with Crippen LogP contribution in [0.1, 0.15) is 0 Å². The monoisotopic (exact) mass is 299 g/mol. The number of aromatic nitrogens is 3. The van der Waals surface area contributed by atoms with Gasteiger partial charge in [-0.05, 0) is 28.6 Å². The summed E-state index contributed by atoms with van der Waals surface area (Å²) in [5.74, 6) is 0.546. The predicted molar refractivity (Wildman–Crippen MR) is 92.6 cm³/mol. The summed E-state index contributed by atoms with van der Waals surface area (Å²) < 4.78 is 1.80. The van der Waals surface area contributed by atoms with Gasteiger partial charge in [0.1, 0.15) is 5.82 Å². The average molecular weight is 299 g/mol. The number of nitrogens with zero attached hydrogens (tertiary/aromatic N) is 3. The molecule has 0 saturated carbocycles. The maximum atomic E-state index is 5.97. The van der Waals surface area contributed by atoms with Crippen LogP contribution in [0.15, 0.2) is 61.1 Å². The second-order valence-electron chi connectivity index (χ2n) is 5.51. The Hall–Kier alpha value is -3.14. The van der Waals surface area contributed by atoms with Crippen molar-refractivity contribution in [2.75, 3.05) is 5.73 Å². The Labute approximate surface area is 134 Å². The maximum absolute atomic E-state index is 5.97. The fraction of sp³-hybridized carbons (Fsp3) is 0.0526. The molecule has 0 aliphatic heterocycles. The van der Waals surface area contributed by atoms with Crippen LogP contribution in [-0.4, -0.2) is 14.8 Å². The summed E-state index contributed by atoms with van der Waals surface area (Å²) in [4.78, 5) is 4.32. The first-order valence-electron chi connectivity index (χ1n) is 7.36. The van der Waals surface area contributed by atoms with Crippen LogP contribution >= 0.6 is 0 Å². The summed E-state index contributed by atoms with van der Waals surface area (Å²) >= 11 is 0. The molecule has 0 saturated heterocycles. The minimum Gasteiger partial charge on any atom is -0.383 e. The largest absolute Gasteiger partial charge is 0.383 e. The average Bonchev–Trinajstić information content (AvgIpc) is 3.02. The Bertz CT molecular complexity index is 984. The van der Waals surface area contributed by atoms with Gasteiger partial charge in [-0.25, -0.2) is 4.98 Å². The first-order chi connectivity index (χ1) is 11.2. The van der Waals surface area contributed by atoms with Gasteiger partial charge in [0.15, 0.2) is 0 Å². The zero-order valence-electron chi connectivity index (χ0n) is 12.7. The molecule has 0 amide bonds. The van der Waals surface area contributed by atoms with Crippen LogP contribution in [0.4, 0.5) is 5.82 Å². The zero-order valence-corrected chi connectivity index (χ0v) is 12.7. The summed E-state index contributed by atoms with van der Waals surface area (Å²) in [6.07, 6.45) is 5.69. The van der Waals surface area contributed by atoms with Crippen molar-refractivity contribution in [1.82, 2.24) is 14.8 Å². The normalized spacial score (nSPS) is 11.0. The van der Waals surface area contributed by atoms with Crippen LogP contribution < -0.4 is 5.73 Å². The molecule has 4 nitrogen and oxygen atoms in total. The fourth-order valence-electron chi connectivity index (χ4n) is 2.79. The standard InChI is InChI=1S/C19H15N4/c1-23-12-15(10-22-23)13-6-8-14(9-7-13)18-11-21-19(20)17-5-3-2-4-16(17)18/h3-12H,1H3,(H2,20,21). The molecule has 0 atom stereocenters. The molecule has 0 spiro atoms. The van der Waals surface area contributed by atoms with Crippen LogP contribution in [-0.2, 0) is 7.05 Å². The maximum Gasteiger partial charge on any atom is 0.131 e. The van der Waals surface area contributed by atoms with Gasteiger partial charge in [-0.3, -0.25) is 4.68 Å². The van der Waals surface area contributed by atoms with E-state index in [4.69, 9.17) is 5.73 Å². The number of hydrogen-bond donors (Lipinski definition) is 1. The highest BCUT2D eigenvalue weighted by Gasteiger charge is 2.08.